The first-order valence-electron chi connectivity index (χ1n) is 11.5. The first kappa shape index (κ1) is 22.6. The van der Waals surface area contributed by atoms with Crippen LogP contribution in [0.5, 0.6) is 11.5 Å². The number of hydrogen-bond acceptors (Lipinski definition) is 5. The quantitative estimate of drug-likeness (QED) is 0.394. The molecule has 0 radical (unpaired) electrons. The molecule has 0 spiro atoms. The monoisotopic (exact) mass is 468 g/mol. The van der Waals surface area contributed by atoms with E-state index in [9.17, 15) is 14.4 Å². The third kappa shape index (κ3) is 5.15. The van der Waals surface area contributed by atoms with Crippen LogP contribution in [0.4, 0.5) is 5.69 Å². The summed E-state index contributed by atoms with van der Waals surface area (Å²) >= 11 is 0. The molecule has 0 aromatic heterocycles. The maximum atomic E-state index is 12.9. The highest BCUT2D eigenvalue weighted by atomic mass is 16.5. The van der Waals surface area contributed by atoms with Gasteiger partial charge in [-0.3, -0.25) is 19.3 Å². The Kier molecular flexibility index (Phi) is 6.41. The molecule has 1 fully saturated rings. The average molecular weight is 469 g/mol. The topological polar surface area (TPSA) is 84.9 Å². The molecule has 7 heteroatoms. The Morgan fingerprint density at radius 1 is 0.971 bits per heavy atom. The van der Waals surface area contributed by atoms with Crippen molar-refractivity contribution in [3.8, 4) is 11.5 Å². The van der Waals surface area contributed by atoms with Crippen LogP contribution in [0.15, 0.2) is 78.9 Å². The molecule has 1 atom stereocenters. The molecule has 1 saturated heterocycles. The van der Waals surface area contributed by atoms with Gasteiger partial charge < -0.3 is 14.8 Å². The lowest BCUT2D eigenvalue weighted by Gasteiger charge is -2.17. The highest BCUT2D eigenvalue weighted by Crippen LogP contribution is 2.31. The summed E-state index contributed by atoms with van der Waals surface area (Å²) in [7, 11) is 0. The summed E-state index contributed by atoms with van der Waals surface area (Å²) in [5.41, 5.74) is 2.19. The van der Waals surface area contributed by atoms with Gasteiger partial charge in [0, 0.05) is 24.4 Å². The number of anilines is 1. The number of nitrogens with zero attached hydrogens (tertiary/aromatic N) is 1. The highest BCUT2D eigenvalue weighted by molar-refractivity contribution is 6.21. The molecule has 1 unspecified atom stereocenters. The number of amides is 3. The van der Waals surface area contributed by atoms with Gasteiger partial charge >= 0.3 is 0 Å². The SMILES string of the molecule is O=C(/C=C/c1ccccc1)Nc1cccc(Oc2ccc3c(c2)C(=O)N(CC2CCCO2)C3=O)c1. The van der Waals surface area contributed by atoms with Crippen LogP contribution in [0.2, 0.25) is 0 Å². The van der Waals surface area contributed by atoms with Crippen molar-refractivity contribution in [1.82, 2.24) is 4.90 Å². The van der Waals surface area contributed by atoms with Crippen LogP contribution in [0.1, 0.15) is 39.1 Å². The van der Waals surface area contributed by atoms with Crippen LogP contribution < -0.4 is 10.1 Å². The second-order valence-electron chi connectivity index (χ2n) is 8.43. The molecule has 0 bridgehead atoms. The summed E-state index contributed by atoms with van der Waals surface area (Å²) in [6.07, 6.45) is 4.88. The number of carbonyl (C=O) groups excluding carboxylic acids is 3. The molecule has 0 saturated carbocycles. The van der Waals surface area contributed by atoms with E-state index in [2.05, 4.69) is 5.32 Å². The number of benzene rings is 3. The summed E-state index contributed by atoms with van der Waals surface area (Å²) in [5, 5.41) is 2.81. The zero-order valence-electron chi connectivity index (χ0n) is 19.0. The lowest BCUT2D eigenvalue weighted by atomic mass is 10.1. The van der Waals surface area contributed by atoms with Crippen LogP contribution in [-0.4, -0.2) is 41.9 Å². The number of ether oxygens (including phenoxy) is 2. The molecule has 3 aromatic rings. The van der Waals surface area contributed by atoms with Gasteiger partial charge in [0.05, 0.1) is 23.8 Å². The Morgan fingerprint density at radius 2 is 1.77 bits per heavy atom. The summed E-state index contributed by atoms with van der Waals surface area (Å²) in [6.45, 7) is 0.928. The number of nitrogens with one attached hydrogen (secondary N) is 1. The molecule has 2 heterocycles. The Balaban J connectivity index is 1.25. The number of imide groups is 1. The molecular formula is C28H24N2O5. The van der Waals surface area contributed by atoms with Crippen molar-refractivity contribution >= 4 is 29.5 Å². The number of fused-ring (bicyclic) bond motifs is 1. The normalized spacial score (nSPS) is 17.1. The van der Waals surface area contributed by atoms with Crippen molar-refractivity contribution in [2.24, 2.45) is 0 Å². The molecule has 2 aliphatic rings. The minimum absolute atomic E-state index is 0.103. The molecule has 2 aliphatic heterocycles. The molecule has 176 valence electrons. The van der Waals surface area contributed by atoms with Gasteiger partial charge in [0.2, 0.25) is 5.91 Å². The van der Waals surface area contributed by atoms with Crippen LogP contribution in [0.3, 0.4) is 0 Å². The van der Waals surface area contributed by atoms with Crippen LogP contribution in [-0.2, 0) is 9.53 Å². The average Bonchev–Trinajstić information content (AvgIpc) is 3.47. The molecule has 5 rings (SSSR count). The van der Waals surface area contributed by atoms with E-state index in [-0.39, 0.29) is 30.4 Å². The molecule has 3 amide bonds. The van der Waals surface area contributed by atoms with Crippen molar-refractivity contribution in [3.63, 3.8) is 0 Å². The Labute approximate surface area is 203 Å². The van der Waals surface area contributed by atoms with Crippen molar-refractivity contribution in [2.75, 3.05) is 18.5 Å². The summed E-state index contributed by atoms with van der Waals surface area (Å²) in [4.78, 5) is 39.1. The van der Waals surface area contributed by atoms with E-state index >= 15 is 0 Å². The van der Waals surface area contributed by atoms with Gasteiger partial charge in [-0.1, -0.05) is 36.4 Å². The minimum Gasteiger partial charge on any atom is -0.457 e. The zero-order valence-corrected chi connectivity index (χ0v) is 19.0. The predicted molar refractivity (Wildman–Crippen MR) is 131 cm³/mol. The molecule has 3 aromatic carbocycles. The van der Waals surface area contributed by atoms with Crippen molar-refractivity contribution in [3.05, 3.63) is 95.6 Å². The Morgan fingerprint density at radius 3 is 2.57 bits per heavy atom. The fourth-order valence-electron chi connectivity index (χ4n) is 4.18. The predicted octanol–water partition coefficient (Wildman–Crippen LogP) is 4.91. The van der Waals surface area contributed by atoms with Crippen molar-refractivity contribution in [2.45, 2.75) is 18.9 Å². The summed E-state index contributed by atoms with van der Waals surface area (Å²) < 4.78 is 11.5. The Hall–Kier alpha value is -4.23. The van der Waals surface area contributed by atoms with E-state index in [0.29, 0.717) is 34.9 Å². The maximum absolute atomic E-state index is 12.9. The van der Waals surface area contributed by atoms with Crippen LogP contribution in [0.25, 0.3) is 6.08 Å². The van der Waals surface area contributed by atoms with E-state index in [1.165, 1.54) is 11.0 Å². The van der Waals surface area contributed by atoms with E-state index < -0.39 is 0 Å². The molecule has 35 heavy (non-hydrogen) atoms. The fraction of sp³-hybridized carbons (Fsp3) is 0.179. The second-order valence-corrected chi connectivity index (χ2v) is 8.43. The van der Waals surface area contributed by atoms with Gasteiger partial charge in [0.1, 0.15) is 11.5 Å². The van der Waals surface area contributed by atoms with Gasteiger partial charge in [-0.05, 0) is 54.8 Å². The molecule has 1 N–H and O–H groups in total. The first-order valence-corrected chi connectivity index (χ1v) is 11.5. The highest BCUT2D eigenvalue weighted by Gasteiger charge is 2.37. The van der Waals surface area contributed by atoms with Crippen molar-refractivity contribution < 1.29 is 23.9 Å². The second kappa shape index (κ2) is 9.95. The molecular weight excluding hydrogens is 444 g/mol. The van der Waals surface area contributed by atoms with Gasteiger partial charge in [0.15, 0.2) is 0 Å². The molecule has 0 aliphatic carbocycles. The van der Waals surface area contributed by atoms with E-state index in [1.54, 1.807) is 48.5 Å². The van der Waals surface area contributed by atoms with Gasteiger partial charge in [-0.15, -0.1) is 0 Å². The number of hydrogen-bond donors (Lipinski definition) is 1. The third-order valence-electron chi connectivity index (χ3n) is 5.92. The summed E-state index contributed by atoms with van der Waals surface area (Å²) in [5.74, 6) is 0.00977. The number of carbonyl (C=O) groups is 3. The largest absolute Gasteiger partial charge is 0.457 e. The number of rotatable bonds is 7. The lowest BCUT2D eigenvalue weighted by Crippen LogP contribution is -2.36. The Bertz CT molecular complexity index is 1300. The maximum Gasteiger partial charge on any atom is 0.261 e. The zero-order chi connectivity index (χ0) is 24.2. The standard InChI is InChI=1S/C28H24N2O5/c31-26(14-11-19-6-2-1-3-7-19)29-20-8-4-9-21(16-20)35-22-12-13-24-25(17-22)28(33)30(27(24)32)18-23-10-5-15-34-23/h1-4,6-9,11-14,16-17,23H,5,10,15,18H2,(H,29,31)/b14-11+. The molecule has 7 nitrogen and oxygen atoms in total. The van der Waals surface area contributed by atoms with Gasteiger partial charge in [-0.25, -0.2) is 0 Å². The lowest BCUT2D eigenvalue weighted by molar-refractivity contribution is -0.111. The van der Waals surface area contributed by atoms with Crippen LogP contribution in [0, 0.1) is 0 Å². The van der Waals surface area contributed by atoms with E-state index in [0.717, 1.165) is 18.4 Å². The van der Waals surface area contributed by atoms with Crippen LogP contribution >= 0.6 is 0 Å². The van der Waals surface area contributed by atoms with Gasteiger partial charge in [0.25, 0.3) is 11.8 Å². The third-order valence-corrected chi connectivity index (χ3v) is 5.92. The summed E-state index contributed by atoms with van der Waals surface area (Å²) in [6, 6.07) is 21.4. The minimum atomic E-state index is -0.336. The van der Waals surface area contributed by atoms with E-state index in [1.807, 2.05) is 30.3 Å². The smallest absolute Gasteiger partial charge is 0.261 e. The van der Waals surface area contributed by atoms with Crippen molar-refractivity contribution in [1.29, 1.82) is 0 Å². The van der Waals surface area contributed by atoms with E-state index in [4.69, 9.17) is 9.47 Å². The fourth-order valence-corrected chi connectivity index (χ4v) is 4.18. The van der Waals surface area contributed by atoms with Gasteiger partial charge in [-0.2, -0.15) is 0 Å². The first-order chi connectivity index (χ1) is 17.1.